The van der Waals surface area contributed by atoms with Crippen LogP contribution in [0.4, 0.5) is 5.82 Å². The molecule has 1 heterocycles. The molecular weight excluding hydrogens is 238 g/mol. The molecule has 0 aliphatic heterocycles. The largest absolute Gasteiger partial charge is 0.370 e. The second kappa shape index (κ2) is 9.19. The third kappa shape index (κ3) is 7.28. The van der Waals surface area contributed by atoms with Crippen LogP contribution in [0.1, 0.15) is 26.7 Å². The molecule has 106 valence electrons. The minimum absolute atomic E-state index is 0.400. The second-order valence-corrected chi connectivity index (χ2v) is 4.65. The summed E-state index contributed by atoms with van der Waals surface area (Å²) in [4.78, 5) is 8.38. The standard InChI is InChI=1S/C14H25N5/c1-12(2)19-14(15-3)18-11-7-6-10-17-13-8-4-5-9-16-13/h4-5,8-9,12H,6-7,10-11H2,1-3H3,(H,16,17)(H2,15,18,19). The zero-order chi connectivity index (χ0) is 13.9. The van der Waals surface area contributed by atoms with Gasteiger partial charge in [0.25, 0.3) is 0 Å². The van der Waals surface area contributed by atoms with Crippen LogP contribution in [-0.4, -0.2) is 37.1 Å². The summed E-state index contributed by atoms with van der Waals surface area (Å²) in [5.74, 6) is 1.81. The fraction of sp³-hybridized carbons (Fsp3) is 0.571. The first-order valence-corrected chi connectivity index (χ1v) is 6.84. The summed E-state index contributed by atoms with van der Waals surface area (Å²) in [6, 6.07) is 6.28. The van der Waals surface area contributed by atoms with Crippen LogP contribution in [0.15, 0.2) is 29.4 Å². The highest BCUT2D eigenvalue weighted by Crippen LogP contribution is 1.99. The van der Waals surface area contributed by atoms with Crippen molar-refractivity contribution in [2.24, 2.45) is 4.99 Å². The number of aromatic nitrogens is 1. The molecule has 0 spiro atoms. The lowest BCUT2D eigenvalue weighted by Crippen LogP contribution is -2.41. The SMILES string of the molecule is CN=C(NCCCCNc1ccccn1)NC(C)C. The minimum Gasteiger partial charge on any atom is -0.370 e. The van der Waals surface area contributed by atoms with Crippen LogP contribution in [0.5, 0.6) is 0 Å². The topological polar surface area (TPSA) is 61.3 Å². The highest BCUT2D eigenvalue weighted by atomic mass is 15.2. The fourth-order valence-electron chi connectivity index (χ4n) is 1.61. The van der Waals surface area contributed by atoms with Crippen molar-refractivity contribution in [2.75, 3.05) is 25.5 Å². The number of aliphatic imine (C=N–C) groups is 1. The molecule has 0 saturated carbocycles. The lowest BCUT2D eigenvalue weighted by molar-refractivity contribution is 0.675. The summed E-state index contributed by atoms with van der Waals surface area (Å²) in [6.45, 7) is 6.07. The van der Waals surface area contributed by atoms with Gasteiger partial charge in [-0.3, -0.25) is 4.99 Å². The molecule has 0 fully saturated rings. The van der Waals surface area contributed by atoms with E-state index >= 15 is 0 Å². The van der Waals surface area contributed by atoms with Gasteiger partial charge in [-0.1, -0.05) is 6.07 Å². The van der Waals surface area contributed by atoms with E-state index in [0.29, 0.717) is 6.04 Å². The number of nitrogens with one attached hydrogen (secondary N) is 3. The molecule has 1 rings (SSSR count). The van der Waals surface area contributed by atoms with Gasteiger partial charge in [0.1, 0.15) is 5.82 Å². The number of rotatable bonds is 7. The lowest BCUT2D eigenvalue weighted by Gasteiger charge is -2.14. The first-order valence-electron chi connectivity index (χ1n) is 6.84. The molecule has 5 heteroatoms. The monoisotopic (exact) mass is 263 g/mol. The maximum Gasteiger partial charge on any atom is 0.191 e. The van der Waals surface area contributed by atoms with Gasteiger partial charge in [-0.25, -0.2) is 4.98 Å². The van der Waals surface area contributed by atoms with Crippen molar-refractivity contribution < 1.29 is 0 Å². The number of hydrogen-bond acceptors (Lipinski definition) is 3. The molecule has 0 aliphatic carbocycles. The molecule has 0 aromatic carbocycles. The Balaban J connectivity index is 2.05. The van der Waals surface area contributed by atoms with E-state index in [0.717, 1.165) is 37.7 Å². The summed E-state index contributed by atoms with van der Waals surface area (Å²) < 4.78 is 0. The van der Waals surface area contributed by atoms with E-state index in [4.69, 9.17) is 0 Å². The normalized spacial score (nSPS) is 11.5. The van der Waals surface area contributed by atoms with E-state index in [1.807, 2.05) is 18.2 Å². The van der Waals surface area contributed by atoms with Gasteiger partial charge < -0.3 is 16.0 Å². The van der Waals surface area contributed by atoms with E-state index in [-0.39, 0.29) is 0 Å². The number of hydrogen-bond donors (Lipinski definition) is 3. The van der Waals surface area contributed by atoms with Crippen molar-refractivity contribution in [2.45, 2.75) is 32.7 Å². The van der Waals surface area contributed by atoms with E-state index in [9.17, 15) is 0 Å². The molecule has 5 nitrogen and oxygen atoms in total. The van der Waals surface area contributed by atoms with Crippen LogP contribution in [0, 0.1) is 0 Å². The van der Waals surface area contributed by atoms with Gasteiger partial charge in [0.15, 0.2) is 5.96 Å². The van der Waals surface area contributed by atoms with Crippen LogP contribution in [-0.2, 0) is 0 Å². The van der Waals surface area contributed by atoms with Crippen LogP contribution >= 0.6 is 0 Å². The fourth-order valence-corrected chi connectivity index (χ4v) is 1.61. The van der Waals surface area contributed by atoms with Crippen molar-refractivity contribution in [3.63, 3.8) is 0 Å². The predicted octanol–water partition coefficient (Wildman–Crippen LogP) is 1.85. The van der Waals surface area contributed by atoms with E-state index in [2.05, 4.69) is 39.8 Å². The van der Waals surface area contributed by atoms with Crippen molar-refractivity contribution in [3.8, 4) is 0 Å². The summed E-state index contributed by atoms with van der Waals surface area (Å²) >= 11 is 0. The molecule has 19 heavy (non-hydrogen) atoms. The average Bonchev–Trinajstić information content (AvgIpc) is 2.42. The Morgan fingerprint density at radius 3 is 2.68 bits per heavy atom. The van der Waals surface area contributed by atoms with E-state index in [1.165, 1.54) is 0 Å². The first-order chi connectivity index (χ1) is 9.22. The molecule has 3 N–H and O–H groups in total. The zero-order valence-corrected chi connectivity index (χ0v) is 12.1. The highest BCUT2D eigenvalue weighted by molar-refractivity contribution is 5.79. The smallest absolute Gasteiger partial charge is 0.191 e. The predicted molar refractivity (Wildman–Crippen MR) is 81.6 cm³/mol. The number of nitrogens with zero attached hydrogens (tertiary/aromatic N) is 2. The summed E-state index contributed by atoms with van der Waals surface area (Å²) in [6.07, 6.45) is 3.99. The third-order valence-electron chi connectivity index (χ3n) is 2.52. The van der Waals surface area contributed by atoms with Gasteiger partial charge in [-0.05, 0) is 38.8 Å². The third-order valence-corrected chi connectivity index (χ3v) is 2.52. The number of pyridine rings is 1. The summed E-state index contributed by atoms with van der Waals surface area (Å²) in [5, 5.41) is 9.85. The van der Waals surface area contributed by atoms with Gasteiger partial charge in [0, 0.05) is 32.4 Å². The first kappa shape index (κ1) is 15.3. The van der Waals surface area contributed by atoms with Gasteiger partial charge in [-0.2, -0.15) is 0 Å². The van der Waals surface area contributed by atoms with Crippen molar-refractivity contribution in [3.05, 3.63) is 24.4 Å². The molecule has 1 aromatic rings. The average molecular weight is 263 g/mol. The number of guanidine groups is 1. The minimum atomic E-state index is 0.400. The Labute approximate surface area is 115 Å². The summed E-state index contributed by atoms with van der Waals surface area (Å²) in [7, 11) is 1.79. The Morgan fingerprint density at radius 2 is 2.05 bits per heavy atom. The van der Waals surface area contributed by atoms with Crippen molar-refractivity contribution in [1.29, 1.82) is 0 Å². The molecule has 0 radical (unpaired) electrons. The Hall–Kier alpha value is -1.78. The maximum atomic E-state index is 4.21. The van der Waals surface area contributed by atoms with Gasteiger partial charge in [0.2, 0.25) is 0 Å². The maximum absolute atomic E-state index is 4.21. The van der Waals surface area contributed by atoms with Crippen LogP contribution in [0.2, 0.25) is 0 Å². The Bertz CT molecular complexity index is 361. The second-order valence-electron chi connectivity index (χ2n) is 4.65. The van der Waals surface area contributed by atoms with Crippen LogP contribution in [0.25, 0.3) is 0 Å². The highest BCUT2D eigenvalue weighted by Gasteiger charge is 1.98. The molecule has 0 unspecified atom stereocenters. The van der Waals surface area contributed by atoms with E-state index < -0.39 is 0 Å². The van der Waals surface area contributed by atoms with E-state index in [1.54, 1.807) is 13.2 Å². The number of unbranched alkanes of at least 4 members (excludes halogenated alkanes) is 1. The molecule has 1 aromatic heterocycles. The van der Waals surface area contributed by atoms with Gasteiger partial charge in [-0.15, -0.1) is 0 Å². The lowest BCUT2D eigenvalue weighted by atomic mass is 10.3. The molecular formula is C14H25N5. The molecule has 0 aliphatic rings. The Kier molecular flexibility index (Phi) is 7.39. The van der Waals surface area contributed by atoms with Crippen molar-refractivity contribution >= 4 is 11.8 Å². The summed E-state index contributed by atoms with van der Waals surface area (Å²) in [5.41, 5.74) is 0. The number of anilines is 1. The molecule has 0 saturated heterocycles. The Morgan fingerprint density at radius 1 is 1.26 bits per heavy atom. The van der Waals surface area contributed by atoms with Crippen LogP contribution < -0.4 is 16.0 Å². The van der Waals surface area contributed by atoms with Gasteiger partial charge in [0.05, 0.1) is 0 Å². The van der Waals surface area contributed by atoms with Crippen molar-refractivity contribution in [1.82, 2.24) is 15.6 Å². The molecule has 0 bridgehead atoms. The quantitative estimate of drug-likeness (QED) is 0.399. The molecule has 0 atom stereocenters. The zero-order valence-electron chi connectivity index (χ0n) is 12.1. The molecule has 0 amide bonds. The van der Waals surface area contributed by atoms with Gasteiger partial charge >= 0.3 is 0 Å². The van der Waals surface area contributed by atoms with Crippen LogP contribution in [0.3, 0.4) is 0 Å².